The van der Waals surface area contributed by atoms with Crippen molar-refractivity contribution in [2.45, 2.75) is 0 Å². The van der Waals surface area contributed by atoms with Crippen LogP contribution in [-0.2, 0) is 0 Å². The lowest BCUT2D eigenvalue weighted by atomic mass is 10.4. The lowest BCUT2D eigenvalue weighted by molar-refractivity contribution is 0.938. The van der Waals surface area contributed by atoms with Crippen molar-refractivity contribution >= 4 is 11.6 Å². The molecule has 0 aromatic rings. The van der Waals surface area contributed by atoms with Gasteiger partial charge in [0.25, 0.3) is 0 Å². The molecule has 0 aromatic carbocycles. The summed E-state index contributed by atoms with van der Waals surface area (Å²) in [5.41, 5.74) is 16.2. The summed E-state index contributed by atoms with van der Waals surface area (Å²) in [6.45, 7) is 0. The van der Waals surface area contributed by atoms with Crippen LogP contribution in [0.2, 0.25) is 0 Å². The lowest BCUT2D eigenvalue weighted by Crippen LogP contribution is -2.20. The fraction of sp³-hybridized carbons (Fsp3) is 0.200. The van der Waals surface area contributed by atoms with Gasteiger partial charge in [0.05, 0.1) is 5.70 Å². The van der Waals surface area contributed by atoms with Crippen LogP contribution in [0.5, 0.6) is 0 Å². The highest BCUT2D eigenvalue weighted by Crippen LogP contribution is 1.95. The van der Waals surface area contributed by atoms with E-state index in [9.17, 15) is 0 Å². The van der Waals surface area contributed by atoms with E-state index in [4.69, 9.17) is 28.8 Å². The van der Waals surface area contributed by atoms with Crippen molar-refractivity contribution in [2.24, 2.45) is 17.2 Å². The van der Waals surface area contributed by atoms with Gasteiger partial charge in [-0.3, -0.25) is 0 Å². The quantitative estimate of drug-likeness (QED) is 0.320. The average molecular weight is 163 g/mol. The van der Waals surface area contributed by atoms with Crippen LogP contribution in [0.1, 0.15) is 0 Å². The predicted molar refractivity (Wildman–Crippen MR) is 42.6 cm³/mol. The van der Waals surface area contributed by atoms with E-state index < -0.39 is 0 Å². The molecule has 4 nitrogen and oxygen atoms in total. The third-order valence-corrected chi connectivity index (χ3v) is 0.983. The van der Waals surface area contributed by atoms with E-state index in [0.717, 1.165) is 0 Å². The highest BCUT2D eigenvalue weighted by atomic mass is 35.5. The Hall–Kier alpha value is -1.03. The topological polar surface area (TPSA) is 90.1 Å². The average Bonchev–Trinajstić information content (AvgIpc) is 1.85. The van der Waals surface area contributed by atoms with Gasteiger partial charge in [-0.25, -0.2) is 0 Å². The van der Waals surface area contributed by atoms with E-state index >= 15 is 0 Å². The molecule has 0 aliphatic rings. The summed E-state index contributed by atoms with van der Waals surface area (Å²) in [4.78, 5) is 0. The molecule has 0 heterocycles. The molecule has 5 heteroatoms. The van der Waals surface area contributed by atoms with Gasteiger partial charge in [0.1, 0.15) is 11.0 Å². The summed E-state index contributed by atoms with van der Waals surface area (Å²) in [5.74, 6) is 0.351. The summed E-state index contributed by atoms with van der Waals surface area (Å²) in [5, 5.41) is 2.75. The van der Waals surface area contributed by atoms with Crippen LogP contribution in [-0.4, -0.2) is 7.05 Å². The summed E-state index contributed by atoms with van der Waals surface area (Å²) in [6, 6.07) is 0. The lowest BCUT2D eigenvalue weighted by Gasteiger charge is -2.01. The van der Waals surface area contributed by atoms with Crippen molar-refractivity contribution in [3.63, 3.8) is 0 Å². The molecule has 0 saturated heterocycles. The number of halogens is 1. The van der Waals surface area contributed by atoms with E-state index in [1.807, 2.05) is 0 Å². The van der Waals surface area contributed by atoms with Gasteiger partial charge in [-0.05, 0) is 6.08 Å². The van der Waals surface area contributed by atoms with Crippen molar-refractivity contribution in [1.29, 1.82) is 0 Å². The Balaban J connectivity index is 4.33. The van der Waals surface area contributed by atoms with E-state index in [2.05, 4.69) is 5.32 Å². The molecule has 7 N–H and O–H groups in total. The summed E-state index contributed by atoms with van der Waals surface area (Å²) in [7, 11) is 1.65. The van der Waals surface area contributed by atoms with Crippen LogP contribution in [0.15, 0.2) is 22.8 Å². The van der Waals surface area contributed by atoms with E-state index in [0.29, 0.717) is 11.5 Å². The first-order valence-corrected chi connectivity index (χ1v) is 3.01. The normalized spacial score (nSPS) is 14.4. The fourth-order valence-electron chi connectivity index (χ4n) is 0.371. The molecule has 0 fully saturated rings. The molecule has 0 atom stereocenters. The van der Waals surface area contributed by atoms with Crippen molar-refractivity contribution in [2.75, 3.05) is 7.05 Å². The zero-order valence-electron chi connectivity index (χ0n) is 5.69. The first-order chi connectivity index (χ1) is 4.57. The molecule has 0 bridgehead atoms. The van der Waals surface area contributed by atoms with Crippen molar-refractivity contribution < 1.29 is 0 Å². The summed E-state index contributed by atoms with van der Waals surface area (Å²) >= 11 is 5.32. The second kappa shape index (κ2) is 3.90. The number of hydrogen-bond acceptors (Lipinski definition) is 4. The Morgan fingerprint density at radius 3 is 2.20 bits per heavy atom. The van der Waals surface area contributed by atoms with Gasteiger partial charge in [0.15, 0.2) is 0 Å². The Morgan fingerprint density at radius 2 is 1.90 bits per heavy atom. The monoisotopic (exact) mass is 162 g/mol. The summed E-state index contributed by atoms with van der Waals surface area (Å²) in [6.07, 6.45) is 1.37. The molecule has 0 aliphatic carbocycles. The number of nitrogens with one attached hydrogen (secondary N) is 1. The number of nitrogens with two attached hydrogens (primary N) is 3. The largest absolute Gasteiger partial charge is 0.396 e. The minimum atomic E-state index is 0.107. The van der Waals surface area contributed by atoms with Gasteiger partial charge in [-0.2, -0.15) is 0 Å². The van der Waals surface area contributed by atoms with Crippen LogP contribution in [0.3, 0.4) is 0 Å². The van der Waals surface area contributed by atoms with Crippen LogP contribution in [0, 0.1) is 0 Å². The van der Waals surface area contributed by atoms with Crippen molar-refractivity contribution in [3.8, 4) is 0 Å². The Bertz CT molecular complexity index is 168. The molecule has 0 radical (unpaired) electrons. The number of hydrogen-bond donors (Lipinski definition) is 4. The van der Waals surface area contributed by atoms with Gasteiger partial charge in [-0.1, -0.05) is 11.6 Å². The number of rotatable bonds is 2. The van der Waals surface area contributed by atoms with Gasteiger partial charge < -0.3 is 22.5 Å². The van der Waals surface area contributed by atoms with Crippen LogP contribution in [0.4, 0.5) is 0 Å². The first-order valence-electron chi connectivity index (χ1n) is 2.63. The summed E-state index contributed by atoms with van der Waals surface area (Å²) < 4.78 is 0. The maximum atomic E-state index is 5.38. The van der Waals surface area contributed by atoms with E-state index in [-0.39, 0.29) is 5.16 Å². The van der Waals surface area contributed by atoms with Crippen LogP contribution < -0.4 is 22.5 Å². The smallest absolute Gasteiger partial charge is 0.120 e. The number of allylic oxidation sites excluding steroid dienone is 1. The van der Waals surface area contributed by atoms with Gasteiger partial charge in [0, 0.05) is 7.05 Å². The zero-order chi connectivity index (χ0) is 8.15. The fourth-order valence-corrected chi connectivity index (χ4v) is 0.488. The molecule has 0 saturated carbocycles. The Morgan fingerprint density at radius 1 is 1.40 bits per heavy atom. The second-order valence-electron chi connectivity index (χ2n) is 1.65. The predicted octanol–water partition coefficient (Wildman–Crippen LogP) is -0.669. The molecular formula is C5H11ClN4. The Kier molecular flexibility index (Phi) is 3.49. The maximum Gasteiger partial charge on any atom is 0.120 e. The molecular weight excluding hydrogens is 152 g/mol. The van der Waals surface area contributed by atoms with Crippen molar-refractivity contribution in [1.82, 2.24) is 5.32 Å². The zero-order valence-corrected chi connectivity index (χ0v) is 6.44. The van der Waals surface area contributed by atoms with E-state index in [1.165, 1.54) is 6.08 Å². The first kappa shape index (κ1) is 8.97. The molecule has 0 unspecified atom stereocenters. The molecule has 0 rings (SSSR count). The maximum absolute atomic E-state index is 5.38. The van der Waals surface area contributed by atoms with Crippen molar-refractivity contribution in [3.05, 3.63) is 22.8 Å². The van der Waals surface area contributed by atoms with Gasteiger partial charge >= 0.3 is 0 Å². The molecule has 0 amide bonds. The van der Waals surface area contributed by atoms with Crippen LogP contribution >= 0.6 is 11.6 Å². The minimum Gasteiger partial charge on any atom is -0.396 e. The highest BCUT2D eigenvalue weighted by Gasteiger charge is 1.91. The SMILES string of the molecule is CN/C(N)=C(N)/C=C(\N)Cl. The van der Waals surface area contributed by atoms with E-state index in [1.54, 1.807) is 7.05 Å². The van der Waals surface area contributed by atoms with Gasteiger partial charge in [0.2, 0.25) is 0 Å². The molecule has 58 valence electrons. The van der Waals surface area contributed by atoms with Crippen LogP contribution in [0.25, 0.3) is 0 Å². The molecule has 0 aliphatic heterocycles. The minimum absolute atomic E-state index is 0.107. The molecule has 0 spiro atoms. The van der Waals surface area contributed by atoms with Gasteiger partial charge in [-0.15, -0.1) is 0 Å². The molecule has 10 heavy (non-hydrogen) atoms. The molecule has 0 aromatic heterocycles. The standard InChI is InChI=1S/C5H11ClN4/c1-10-5(9)3(7)2-4(6)8/h2,10H,7-9H2,1H3/b4-2-,5-3-. The third-order valence-electron chi connectivity index (χ3n) is 0.874. The second-order valence-corrected chi connectivity index (χ2v) is 2.08. The highest BCUT2D eigenvalue weighted by molar-refractivity contribution is 6.29. The third kappa shape index (κ3) is 3.09. The Labute approximate surface area is 64.7 Å².